The van der Waals surface area contributed by atoms with Crippen molar-refractivity contribution in [3.63, 3.8) is 0 Å². The third-order valence-electron chi connectivity index (χ3n) is 3.81. The zero-order chi connectivity index (χ0) is 15.9. The molecule has 1 saturated heterocycles. The number of rotatable bonds is 8. The molecule has 0 aliphatic carbocycles. The number of hydroxylamine groups is 1. The Balaban J connectivity index is 2.86. The molecule has 7 nitrogen and oxygen atoms in total. The summed E-state index contributed by atoms with van der Waals surface area (Å²) in [4.78, 5) is 11.9. The van der Waals surface area contributed by atoms with E-state index in [1.54, 1.807) is 6.92 Å². The highest BCUT2D eigenvalue weighted by atomic mass is 16.6. The van der Waals surface area contributed by atoms with E-state index < -0.39 is 16.7 Å². The van der Waals surface area contributed by atoms with Crippen molar-refractivity contribution >= 4 is 5.97 Å². The smallest absolute Gasteiger partial charge is 0.398 e. The standard InChI is InChI=1S/C14H27N3O4/c1-4-5-6-10-16-17(20)11(13(19)21-3)12(18)14(2)8-7-9-15-14/h15-18H,4-10H2,1-3H3/b12-11+/t14-/m1/s1. The van der Waals surface area contributed by atoms with Crippen LogP contribution in [0.3, 0.4) is 0 Å². The van der Waals surface area contributed by atoms with Gasteiger partial charge in [-0.05, 0) is 32.7 Å². The first kappa shape index (κ1) is 17.9. The summed E-state index contributed by atoms with van der Waals surface area (Å²) in [5.74, 6) is -1.05. The van der Waals surface area contributed by atoms with Gasteiger partial charge in [0.05, 0.1) is 12.6 Å². The van der Waals surface area contributed by atoms with Gasteiger partial charge in [0.1, 0.15) is 0 Å². The van der Waals surface area contributed by atoms with Gasteiger partial charge in [0.2, 0.25) is 0 Å². The Morgan fingerprint density at radius 3 is 2.76 bits per heavy atom. The van der Waals surface area contributed by atoms with Crippen molar-refractivity contribution in [1.29, 1.82) is 0 Å². The van der Waals surface area contributed by atoms with E-state index in [0.717, 1.165) is 32.2 Å². The Morgan fingerprint density at radius 2 is 2.24 bits per heavy atom. The van der Waals surface area contributed by atoms with Gasteiger partial charge >= 0.3 is 5.97 Å². The molecule has 0 saturated carbocycles. The van der Waals surface area contributed by atoms with Gasteiger partial charge in [0, 0.05) is 6.54 Å². The molecule has 0 amide bonds. The predicted molar refractivity (Wildman–Crippen MR) is 79.2 cm³/mol. The number of hydrogen-bond donors (Lipinski definition) is 4. The maximum Gasteiger partial charge on any atom is 0.398 e. The fraction of sp³-hybridized carbons (Fsp3) is 0.786. The van der Waals surface area contributed by atoms with E-state index in [-0.39, 0.29) is 11.5 Å². The molecule has 0 aromatic rings. The van der Waals surface area contributed by atoms with Crippen molar-refractivity contribution in [2.45, 2.75) is 51.5 Å². The number of ether oxygens (including phenoxy) is 1. The molecule has 7 heteroatoms. The van der Waals surface area contributed by atoms with E-state index in [2.05, 4.69) is 22.4 Å². The van der Waals surface area contributed by atoms with Crippen LogP contribution in [0.1, 0.15) is 46.0 Å². The summed E-state index contributed by atoms with van der Waals surface area (Å²) in [6.45, 7) is 5.07. The number of aliphatic hydroxyl groups excluding tert-OH is 1. The molecule has 1 unspecified atom stereocenters. The topological polar surface area (TPSA) is 98.1 Å². The zero-order valence-corrected chi connectivity index (χ0v) is 13.1. The van der Waals surface area contributed by atoms with Crippen LogP contribution in [0, 0.1) is 5.21 Å². The van der Waals surface area contributed by atoms with Gasteiger partial charge in [-0.3, -0.25) is 5.17 Å². The number of hydrogen-bond acceptors (Lipinski definition) is 6. The van der Waals surface area contributed by atoms with Gasteiger partial charge in [-0.1, -0.05) is 19.8 Å². The zero-order valence-electron chi connectivity index (χ0n) is 13.1. The first-order valence-electron chi connectivity index (χ1n) is 7.51. The summed E-state index contributed by atoms with van der Waals surface area (Å²) in [7, 11) is 1.20. The highest BCUT2D eigenvalue weighted by Crippen LogP contribution is 2.26. The maximum absolute atomic E-state index is 12.2. The molecule has 1 rings (SSSR count). The van der Waals surface area contributed by atoms with Crippen LogP contribution in [0.25, 0.3) is 0 Å². The average molecular weight is 301 g/mol. The minimum absolute atomic E-state index is 0.236. The minimum Gasteiger partial charge on any atom is -0.608 e. The molecule has 2 atom stereocenters. The quantitative estimate of drug-likeness (QED) is 0.167. The molecule has 0 aromatic carbocycles. The number of methoxy groups -OCH3 is 1. The van der Waals surface area contributed by atoms with Gasteiger partial charge in [0.15, 0.2) is 5.76 Å². The second kappa shape index (κ2) is 8.33. The SMILES string of the molecule is CCCCCN[NH+]([O-])/C(C(=O)OC)=C(/O)[C@@]1(C)CCCN1. The molecule has 1 heterocycles. The predicted octanol–water partition coefficient (Wildman–Crippen LogP) is 0.149. The summed E-state index contributed by atoms with van der Waals surface area (Å²) in [6, 6.07) is 0. The van der Waals surface area contributed by atoms with E-state index in [1.807, 2.05) is 0 Å². The van der Waals surface area contributed by atoms with Crippen molar-refractivity contribution in [3.05, 3.63) is 16.7 Å². The summed E-state index contributed by atoms with van der Waals surface area (Å²) in [5.41, 5.74) is 1.62. The molecule has 4 N–H and O–H groups in total. The maximum atomic E-state index is 12.2. The van der Waals surface area contributed by atoms with Gasteiger partial charge < -0.3 is 20.4 Å². The molecule has 1 fully saturated rings. The van der Waals surface area contributed by atoms with E-state index in [1.165, 1.54) is 7.11 Å². The van der Waals surface area contributed by atoms with Crippen LogP contribution in [0.2, 0.25) is 0 Å². The van der Waals surface area contributed by atoms with E-state index in [0.29, 0.717) is 13.0 Å². The summed E-state index contributed by atoms with van der Waals surface area (Å²) in [5, 5.41) is 25.1. The van der Waals surface area contributed by atoms with Crippen LogP contribution in [0.4, 0.5) is 0 Å². The summed E-state index contributed by atoms with van der Waals surface area (Å²) in [6.07, 6.45) is 4.44. The van der Waals surface area contributed by atoms with Gasteiger partial charge in [-0.25, -0.2) is 4.79 Å². The molecule has 0 radical (unpaired) electrons. The first-order chi connectivity index (χ1) is 9.96. The van der Waals surface area contributed by atoms with Crippen molar-refractivity contribution in [2.24, 2.45) is 0 Å². The van der Waals surface area contributed by atoms with Crippen LogP contribution in [0.15, 0.2) is 11.5 Å². The van der Waals surface area contributed by atoms with Gasteiger partial charge in [-0.2, -0.15) is 5.43 Å². The molecule has 21 heavy (non-hydrogen) atoms. The Bertz CT molecular complexity index is 378. The highest BCUT2D eigenvalue weighted by molar-refractivity contribution is 5.86. The first-order valence-corrected chi connectivity index (χ1v) is 7.51. The minimum atomic E-state index is -0.810. The molecule has 0 aromatic heterocycles. The number of carbonyl (C=O) groups excluding carboxylic acids is 1. The number of unbranched alkanes of at least 4 members (excludes halogenated alkanes) is 2. The lowest BCUT2D eigenvalue weighted by atomic mass is 9.96. The van der Waals surface area contributed by atoms with Crippen molar-refractivity contribution in [2.75, 3.05) is 20.2 Å². The Morgan fingerprint density at radius 1 is 1.52 bits per heavy atom. The number of carbonyl (C=O) groups is 1. The number of aliphatic hydroxyl groups is 1. The molecule has 122 valence electrons. The lowest BCUT2D eigenvalue weighted by molar-refractivity contribution is -0.853. The second-order valence-electron chi connectivity index (χ2n) is 5.54. The number of esters is 1. The van der Waals surface area contributed by atoms with Gasteiger partial charge in [0.25, 0.3) is 5.70 Å². The fourth-order valence-corrected chi connectivity index (χ4v) is 2.44. The largest absolute Gasteiger partial charge is 0.608 e. The van der Waals surface area contributed by atoms with Crippen molar-refractivity contribution < 1.29 is 19.8 Å². The van der Waals surface area contributed by atoms with Crippen LogP contribution in [-0.2, 0) is 9.53 Å². The normalized spacial score (nSPS) is 24.6. The van der Waals surface area contributed by atoms with E-state index in [9.17, 15) is 15.1 Å². The molecule has 0 spiro atoms. The van der Waals surface area contributed by atoms with Crippen LogP contribution in [-0.4, -0.2) is 36.8 Å². The average Bonchev–Trinajstić information content (AvgIpc) is 2.91. The Kier molecular flexibility index (Phi) is 7.10. The van der Waals surface area contributed by atoms with Gasteiger partial charge in [-0.15, -0.1) is 0 Å². The van der Waals surface area contributed by atoms with E-state index >= 15 is 0 Å². The van der Waals surface area contributed by atoms with Crippen LogP contribution in [0.5, 0.6) is 0 Å². The Hall–Kier alpha value is -1.15. The summed E-state index contributed by atoms with van der Waals surface area (Å²) >= 11 is 0. The van der Waals surface area contributed by atoms with Crippen molar-refractivity contribution in [3.8, 4) is 0 Å². The number of quaternary nitrogens is 1. The van der Waals surface area contributed by atoms with Crippen LogP contribution < -0.4 is 15.9 Å². The third-order valence-corrected chi connectivity index (χ3v) is 3.81. The molecular weight excluding hydrogens is 274 g/mol. The van der Waals surface area contributed by atoms with Crippen molar-refractivity contribution in [1.82, 2.24) is 10.7 Å². The third kappa shape index (κ3) is 4.67. The van der Waals surface area contributed by atoms with E-state index in [4.69, 9.17) is 0 Å². The number of nitrogens with one attached hydrogen (secondary N) is 3. The second-order valence-corrected chi connectivity index (χ2v) is 5.54. The molecular formula is C14H27N3O4. The van der Waals surface area contributed by atoms with Crippen LogP contribution >= 0.6 is 0 Å². The lowest BCUT2D eigenvalue weighted by Gasteiger charge is -2.29. The fourth-order valence-electron chi connectivity index (χ4n) is 2.44. The lowest BCUT2D eigenvalue weighted by Crippen LogP contribution is -3.13. The molecule has 1 aliphatic heterocycles. The monoisotopic (exact) mass is 301 g/mol. The highest BCUT2D eigenvalue weighted by Gasteiger charge is 2.39. The molecule has 0 bridgehead atoms. The molecule has 1 aliphatic rings. The summed E-state index contributed by atoms with van der Waals surface area (Å²) < 4.78 is 4.64. The Labute approximate surface area is 125 Å².